The van der Waals surface area contributed by atoms with Crippen molar-refractivity contribution in [3.05, 3.63) is 60.2 Å². The zero-order valence-electron chi connectivity index (χ0n) is 12.5. The average molecular weight is 305 g/mol. The van der Waals surface area contributed by atoms with Crippen LogP contribution in [0.2, 0.25) is 0 Å². The number of hydrogen-bond acceptors (Lipinski definition) is 3. The van der Waals surface area contributed by atoms with Gasteiger partial charge < -0.3 is 4.52 Å². The third-order valence-electron chi connectivity index (χ3n) is 3.10. The summed E-state index contributed by atoms with van der Waals surface area (Å²) >= 11 is 0. The highest BCUT2D eigenvalue weighted by Crippen LogP contribution is 2.53. The van der Waals surface area contributed by atoms with Crippen molar-refractivity contribution in [2.75, 3.05) is 18.3 Å². The predicted octanol–water partition coefficient (Wildman–Crippen LogP) is 4.65. The summed E-state index contributed by atoms with van der Waals surface area (Å²) in [5.74, 6) is 0.567. The largest absolute Gasteiger partial charge is 0.488 e. The number of nitrogens with zero attached hydrogens (tertiary/aromatic N) is 1. The molecule has 0 aliphatic heterocycles. The Kier molecular flexibility index (Phi) is 5.05. The number of anilines is 1. The van der Waals surface area contributed by atoms with Crippen LogP contribution < -0.4 is 9.19 Å². The smallest absolute Gasteiger partial charge is 0.409 e. The first-order valence-electron chi connectivity index (χ1n) is 6.86. The lowest BCUT2D eigenvalue weighted by Crippen LogP contribution is -2.19. The molecule has 0 amide bonds. The van der Waals surface area contributed by atoms with E-state index >= 15 is 0 Å². The minimum Gasteiger partial charge on any atom is -0.409 e. The SMILES string of the molecule is CCOP(=O)(Oc1ccccc1C)N(C)c1ccccc1. The molecule has 0 spiro atoms. The second-order valence-electron chi connectivity index (χ2n) is 4.60. The zero-order chi connectivity index (χ0) is 15.3. The molecule has 2 aromatic carbocycles. The van der Waals surface area contributed by atoms with Crippen molar-refractivity contribution in [2.45, 2.75) is 13.8 Å². The van der Waals surface area contributed by atoms with Crippen LogP contribution in [0, 0.1) is 6.92 Å². The molecule has 0 saturated carbocycles. The first kappa shape index (κ1) is 15.6. The van der Waals surface area contributed by atoms with Crippen LogP contribution in [-0.2, 0) is 9.09 Å². The molecule has 0 bridgehead atoms. The van der Waals surface area contributed by atoms with E-state index < -0.39 is 7.75 Å². The highest BCUT2D eigenvalue weighted by Gasteiger charge is 2.33. The molecule has 0 fully saturated rings. The lowest BCUT2D eigenvalue weighted by Gasteiger charge is -2.28. The van der Waals surface area contributed by atoms with Crippen LogP contribution >= 0.6 is 7.75 Å². The van der Waals surface area contributed by atoms with Gasteiger partial charge in [-0.25, -0.2) is 4.57 Å². The van der Waals surface area contributed by atoms with Crippen molar-refractivity contribution in [1.29, 1.82) is 0 Å². The van der Waals surface area contributed by atoms with Gasteiger partial charge in [0.25, 0.3) is 0 Å². The number of para-hydroxylation sites is 2. The molecule has 0 saturated heterocycles. The van der Waals surface area contributed by atoms with Crippen LogP contribution in [0.15, 0.2) is 54.6 Å². The van der Waals surface area contributed by atoms with Gasteiger partial charge in [0.1, 0.15) is 5.75 Å². The van der Waals surface area contributed by atoms with Gasteiger partial charge in [0.05, 0.1) is 6.61 Å². The molecular formula is C16H20NO3P. The van der Waals surface area contributed by atoms with Gasteiger partial charge in [-0.1, -0.05) is 36.4 Å². The summed E-state index contributed by atoms with van der Waals surface area (Å²) < 4.78 is 25.9. The van der Waals surface area contributed by atoms with Crippen LogP contribution in [-0.4, -0.2) is 13.7 Å². The molecule has 5 heteroatoms. The van der Waals surface area contributed by atoms with E-state index in [1.807, 2.05) is 55.5 Å². The number of hydrogen-bond donors (Lipinski definition) is 0. The maximum atomic E-state index is 13.1. The Hall–Kier alpha value is -1.77. The first-order chi connectivity index (χ1) is 10.1. The van der Waals surface area contributed by atoms with Crippen LogP contribution in [0.5, 0.6) is 5.75 Å². The molecule has 0 N–H and O–H groups in total. The van der Waals surface area contributed by atoms with Gasteiger partial charge in [-0.15, -0.1) is 0 Å². The second-order valence-corrected chi connectivity index (χ2v) is 6.58. The predicted molar refractivity (Wildman–Crippen MR) is 85.9 cm³/mol. The van der Waals surface area contributed by atoms with E-state index in [2.05, 4.69) is 0 Å². The third kappa shape index (κ3) is 3.66. The topological polar surface area (TPSA) is 38.8 Å². The molecule has 2 rings (SSSR count). The van der Waals surface area contributed by atoms with E-state index in [0.717, 1.165) is 11.3 Å². The molecule has 1 unspecified atom stereocenters. The van der Waals surface area contributed by atoms with E-state index in [0.29, 0.717) is 12.4 Å². The first-order valence-corrected chi connectivity index (χ1v) is 8.35. The van der Waals surface area contributed by atoms with Gasteiger partial charge in [-0.2, -0.15) is 0 Å². The summed E-state index contributed by atoms with van der Waals surface area (Å²) in [4.78, 5) is 0. The second kappa shape index (κ2) is 6.79. The van der Waals surface area contributed by atoms with E-state index in [1.54, 1.807) is 24.7 Å². The molecule has 0 heterocycles. The monoisotopic (exact) mass is 305 g/mol. The highest BCUT2D eigenvalue weighted by atomic mass is 31.2. The molecular weight excluding hydrogens is 285 g/mol. The lowest BCUT2D eigenvalue weighted by atomic mass is 10.2. The summed E-state index contributed by atoms with van der Waals surface area (Å²) in [6.45, 7) is 4.02. The molecule has 21 heavy (non-hydrogen) atoms. The Labute approximate surface area is 125 Å². The van der Waals surface area contributed by atoms with Crippen molar-refractivity contribution >= 4 is 13.4 Å². The maximum Gasteiger partial charge on any atom is 0.488 e. The summed E-state index contributed by atoms with van der Waals surface area (Å²) in [6.07, 6.45) is 0. The standard InChI is InChI=1S/C16H20NO3P/c1-4-19-21(18,17(3)15-11-6-5-7-12-15)20-16-13-9-8-10-14(16)2/h5-13H,4H2,1-3H3. The normalized spacial score (nSPS) is 13.5. The number of benzene rings is 2. The van der Waals surface area contributed by atoms with Gasteiger partial charge in [-0.3, -0.25) is 9.19 Å². The average Bonchev–Trinajstić information content (AvgIpc) is 2.50. The fourth-order valence-electron chi connectivity index (χ4n) is 1.91. The summed E-state index contributed by atoms with van der Waals surface area (Å²) in [7, 11) is -1.74. The Morgan fingerprint density at radius 1 is 1.05 bits per heavy atom. The molecule has 0 radical (unpaired) electrons. The Morgan fingerprint density at radius 3 is 2.29 bits per heavy atom. The van der Waals surface area contributed by atoms with E-state index in [9.17, 15) is 4.57 Å². The summed E-state index contributed by atoms with van der Waals surface area (Å²) in [5.41, 5.74) is 1.70. The fraction of sp³-hybridized carbons (Fsp3) is 0.250. The number of aryl methyl sites for hydroxylation is 1. The van der Waals surface area contributed by atoms with Crippen LogP contribution in [0.4, 0.5) is 5.69 Å². The highest BCUT2D eigenvalue weighted by molar-refractivity contribution is 7.56. The minimum absolute atomic E-state index is 0.306. The van der Waals surface area contributed by atoms with Crippen molar-refractivity contribution < 1.29 is 13.6 Å². The van der Waals surface area contributed by atoms with Crippen molar-refractivity contribution in [1.82, 2.24) is 0 Å². The third-order valence-corrected chi connectivity index (χ3v) is 5.07. The Balaban J connectivity index is 2.32. The van der Waals surface area contributed by atoms with Gasteiger partial charge in [-0.05, 0) is 37.6 Å². The Morgan fingerprint density at radius 2 is 1.67 bits per heavy atom. The van der Waals surface area contributed by atoms with Crippen molar-refractivity contribution in [3.8, 4) is 5.75 Å². The molecule has 0 aliphatic rings. The van der Waals surface area contributed by atoms with E-state index in [1.165, 1.54) is 0 Å². The van der Waals surface area contributed by atoms with Gasteiger partial charge in [0.2, 0.25) is 0 Å². The van der Waals surface area contributed by atoms with Gasteiger partial charge >= 0.3 is 7.75 Å². The molecule has 112 valence electrons. The molecule has 0 aliphatic carbocycles. The van der Waals surface area contributed by atoms with Gasteiger partial charge in [0, 0.05) is 12.7 Å². The van der Waals surface area contributed by atoms with E-state index in [4.69, 9.17) is 9.05 Å². The fourth-order valence-corrected chi connectivity index (χ4v) is 3.45. The summed E-state index contributed by atoms with van der Waals surface area (Å²) in [5, 5.41) is 0. The molecule has 1 atom stereocenters. The lowest BCUT2D eigenvalue weighted by molar-refractivity contribution is 0.277. The van der Waals surface area contributed by atoms with Crippen molar-refractivity contribution in [2.24, 2.45) is 0 Å². The molecule has 4 nitrogen and oxygen atoms in total. The van der Waals surface area contributed by atoms with Crippen LogP contribution in [0.3, 0.4) is 0 Å². The minimum atomic E-state index is -3.45. The van der Waals surface area contributed by atoms with Crippen molar-refractivity contribution in [3.63, 3.8) is 0 Å². The summed E-state index contributed by atoms with van der Waals surface area (Å²) in [6, 6.07) is 16.9. The van der Waals surface area contributed by atoms with Crippen LogP contribution in [0.1, 0.15) is 12.5 Å². The van der Waals surface area contributed by atoms with Gasteiger partial charge in [0.15, 0.2) is 0 Å². The van der Waals surface area contributed by atoms with Crippen LogP contribution in [0.25, 0.3) is 0 Å². The quantitative estimate of drug-likeness (QED) is 0.728. The maximum absolute atomic E-state index is 13.1. The molecule has 0 aromatic heterocycles. The Bertz CT molecular complexity index is 630. The zero-order valence-corrected chi connectivity index (χ0v) is 13.4. The number of rotatable bonds is 6. The molecule has 2 aromatic rings. The van der Waals surface area contributed by atoms with E-state index in [-0.39, 0.29) is 0 Å².